The maximum Gasteiger partial charge on any atom is 0.410 e. The van der Waals surface area contributed by atoms with Gasteiger partial charge in [0.15, 0.2) is 5.78 Å². The van der Waals surface area contributed by atoms with Crippen molar-refractivity contribution in [2.45, 2.75) is 51.7 Å². The van der Waals surface area contributed by atoms with Crippen LogP contribution in [0.4, 0.5) is 4.79 Å². The summed E-state index contributed by atoms with van der Waals surface area (Å²) < 4.78 is 5.38. The number of hydrogen-bond donors (Lipinski definition) is 0. The van der Waals surface area contributed by atoms with Crippen molar-refractivity contribution in [2.24, 2.45) is 0 Å². The fourth-order valence-corrected chi connectivity index (χ4v) is 2.64. The molecule has 0 spiro atoms. The first-order valence-electron chi connectivity index (χ1n) is 7.05. The number of hydrogen-bond acceptors (Lipinski definition) is 4. The average molecular weight is 282 g/mol. The van der Waals surface area contributed by atoms with Crippen LogP contribution in [-0.2, 0) is 14.3 Å². The number of nitrogens with zero attached hydrogens (tertiary/aromatic N) is 2. The summed E-state index contributed by atoms with van der Waals surface area (Å²) in [7, 11) is 0. The standard InChI is InChI=1S/C14H22N2O4/c1-14(2,3)20-13(19)16-6-4-5-10(16)8-15-9-11(17)7-12(15)18/h10H,4-9H2,1-3H3. The Hall–Kier alpha value is -1.59. The molecule has 0 radical (unpaired) electrons. The van der Waals surface area contributed by atoms with Crippen LogP contribution in [0.2, 0.25) is 0 Å². The molecular formula is C14H22N2O4. The van der Waals surface area contributed by atoms with E-state index in [9.17, 15) is 14.4 Å². The molecule has 2 aliphatic rings. The van der Waals surface area contributed by atoms with E-state index in [1.807, 2.05) is 20.8 Å². The number of amides is 2. The largest absolute Gasteiger partial charge is 0.444 e. The molecule has 0 aromatic carbocycles. The normalized spacial score (nSPS) is 23.6. The monoisotopic (exact) mass is 282 g/mol. The van der Waals surface area contributed by atoms with Crippen molar-refractivity contribution >= 4 is 17.8 Å². The van der Waals surface area contributed by atoms with Gasteiger partial charge < -0.3 is 14.5 Å². The van der Waals surface area contributed by atoms with Gasteiger partial charge in [-0.05, 0) is 33.6 Å². The Labute approximate surface area is 119 Å². The zero-order valence-electron chi connectivity index (χ0n) is 12.3. The highest BCUT2D eigenvalue weighted by atomic mass is 16.6. The fourth-order valence-electron chi connectivity index (χ4n) is 2.64. The van der Waals surface area contributed by atoms with E-state index >= 15 is 0 Å². The number of rotatable bonds is 2. The summed E-state index contributed by atoms with van der Waals surface area (Å²) in [6.45, 7) is 6.76. The summed E-state index contributed by atoms with van der Waals surface area (Å²) >= 11 is 0. The van der Waals surface area contributed by atoms with E-state index in [1.165, 1.54) is 0 Å². The average Bonchev–Trinajstić information content (AvgIpc) is 2.84. The molecule has 6 nitrogen and oxygen atoms in total. The third-order valence-electron chi connectivity index (χ3n) is 3.50. The van der Waals surface area contributed by atoms with Crippen molar-refractivity contribution in [3.05, 3.63) is 0 Å². The van der Waals surface area contributed by atoms with Gasteiger partial charge in [-0.15, -0.1) is 0 Å². The molecular weight excluding hydrogens is 260 g/mol. The number of carbonyl (C=O) groups is 3. The summed E-state index contributed by atoms with van der Waals surface area (Å²) in [5.74, 6) is -0.178. The Morgan fingerprint density at radius 2 is 2.05 bits per heavy atom. The summed E-state index contributed by atoms with van der Waals surface area (Å²) in [6, 6.07) is -0.0419. The van der Waals surface area contributed by atoms with Gasteiger partial charge in [-0.2, -0.15) is 0 Å². The molecule has 2 heterocycles. The predicted molar refractivity (Wildman–Crippen MR) is 72.2 cm³/mol. The number of ketones is 1. The minimum absolute atomic E-state index is 0.000836. The van der Waals surface area contributed by atoms with Gasteiger partial charge in [-0.25, -0.2) is 4.79 Å². The van der Waals surface area contributed by atoms with Crippen LogP contribution < -0.4 is 0 Å². The Balaban J connectivity index is 1.95. The molecule has 1 unspecified atom stereocenters. The van der Waals surface area contributed by atoms with Crippen molar-refractivity contribution in [1.29, 1.82) is 0 Å². The van der Waals surface area contributed by atoms with Gasteiger partial charge in [0.2, 0.25) is 5.91 Å². The quantitative estimate of drug-likeness (QED) is 0.713. The summed E-state index contributed by atoms with van der Waals surface area (Å²) in [4.78, 5) is 38.3. The van der Waals surface area contributed by atoms with Crippen molar-refractivity contribution in [1.82, 2.24) is 9.80 Å². The van der Waals surface area contributed by atoms with Gasteiger partial charge in [-0.1, -0.05) is 0 Å². The van der Waals surface area contributed by atoms with E-state index in [-0.39, 0.29) is 36.8 Å². The molecule has 2 aliphatic heterocycles. The Morgan fingerprint density at radius 1 is 1.35 bits per heavy atom. The van der Waals surface area contributed by atoms with Crippen molar-refractivity contribution in [3.8, 4) is 0 Å². The van der Waals surface area contributed by atoms with Crippen LogP contribution in [0, 0.1) is 0 Å². The van der Waals surface area contributed by atoms with E-state index in [0.717, 1.165) is 12.8 Å². The first-order valence-corrected chi connectivity index (χ1v) is 7.05. The summed E-state index contributed by atoms with van der Waals surface area (Å²) in [5.41, 5.74) is -0.524. The first kappa shape index (κ1) is 14.8. The molecule has 0 N–H and O–H groups in total. The molecule has 0 aromatic heterocycles. The molecule has 2 rings (SSSR count). The van der Waals surface area contributed by atoms with Crippen LogP contribution in [0.15, 0.2) is 0 Å². The van der Waals surface area contributed by atoms with Crippen LogP contribution in [0.3, 0.4) is 0 Å². The van der Waals surface area contributed by atoms with Crippen LogP contribution in [0.25, 0.3) is 0 Å². The highest BCUT2D eigenvalue weighted by molar-refractivity contribution is 6.05. The van der Waals surface area contributed by atoms with E-state index in [1.54, 1.807) is 9.80 Å². The molecule has 0 aromatic rings. The minimum atomic E-state index is -0.524. The van der Waals surface area contributed by atoms with E-state index < -0.39 is 5.60 Å². The SMILES string of the molecule is CC(C)(C)OC(=O)N1CCCC1CN1CC(=O)CC1=O. The lowest BCUT2D eigenvalue weighted by molar-refractivity contribution is -0.128. The van der Waals surface area contributed by atoms with Crippen LogP contribution in [0.1, 0.15) is 40.0 Å². The van der Waals surface area contributed by atoms with Crippen molar-refractivity contribution in [2.75, 3.05) is 19.6 Å². The second kappa shape index (κ2) is 5.42. The number of carbonyl (C=O) groups excluding carboxylic acids is 3. The predicted octanol–water partition coefficient (Wildman–Crippen LogP) is 1.19. The molecule has 0 aliphatic carbocycles. The molecule has 2 fully saturated rings. The van der Waals surface area contributed by atoms with Crippen LogP contribution in [0.5, 0.6) is 0 Å². The Kier molecular flexibility index (Phi) is 4.01. The number of likely N-dealkylation sites (tertiary alicyclic amines) is 2. The molecule has 112 valence electrons. The number of ether oxygens (including phenoxy) is 1. The van der Waals surface area contributed by atoms with Gasteiger partial charge in [0.05, 0.1) is 19.0 Å². The molecule has 2 amide bonds. The zero-order valence-corrected chi connectivity index (χ0v) is 12.3. The van der Waals surface area contributed by atoms with E-state index in [4.69, 9.17) is 4.74 Å². The molecule has 20 heavy (non-hydrogen) atoms. The maximum atomic E-state index is 12.1. The molecule has 6 heteroatoms. The van der Waals surface area contributed by atoms with Crippen molar-refractivity contribution < 1.29 is 19.1 Å². The van der Waals surface area contributed by atoms with E-state index in [0.29, 0.717) is 13.1 Å². The lowest BCUT2D eigenvalue weighted by Gasteiger charge is -2.30. The van der Waals surface area contributed by atoms with Crippen LogP contribution in [-0.4, -0.2) is 58.9 Å². The lowest BCUT2D eigenvalue weighted by atomic mass is 10.2. The van der Waals surface area contributed by atoms with Gasteiger partial charge >= 0.3 is 6.09 Å². The number of Topliss-reactive ketones (excluding diaryl/α,β-unsaturated/α-hetero) is 1. The maximum absolute atomic E-state index is 12.1. The molecule has 2 saturated heterocycles. The second-order valence-electron chi connectivity index (χ2n) is 6.46. The van der Waals surface area contributed by atoms with Gasteiger partial charge in [0.1, 0.15) is 5.60 Å². The second-order valence-corrected chi connectivity index (χ2v) is 6.46. The fraction of sp³-hybridized carbons (Fsp3) is 0.786. The Morgan fingerprint density at radius 3 is 2.60 bits per heavy atom. The lowest BCUT2D eigenvalue weighted by Crippen LogP contribution is -2.45. The van der Waals surface area contributed by atoms with Gasteiger partial charge in [-0.3, -0.25) is 9.59 Å². The first-order chi connectivity index (χ1) is 9.26. The topological polar surface area (TPSA) is 66.9 Å². The van der Waals surface area contributed by atoms with Gasteiger partial charge in [0, 0.05) is 13.1 Å². The summed E-state index contributed by atoms with van der Waals surface area (Å²) in [6.07, 6.45) is 1.41. The zero-order chi connectivity index (χ0) is 14.9. The van der Waals surface area contributed by atoms with Crippen LogP contribution >= 0.6 is 0 Å². The molecule has 1 atom stereocenters. The van der Waals surface area contributed by atoms with Gasteiger partial charge in [0.25, 0.3) is 0 Å². The minimum Gasteiger partial charge on any atom is -0.444 e. The molecule has 0 saturated carbocycles. The van der Waals surface area contributed by atoms with Crippen molar-refractivity contribution in [3.63, 3.8) is 0 Å². The van der Waals surface area contributed by atoms with E-state index in [2.05, 4.69) is 0 Å². The third-order valence-corrected chi connectivity index (χ3v) is 3.50. The molecule has 0 bridgehead atoms. The third kappa shape index (κ3) is 3.49. The summed E-state index contributed by atoms with van der Waals surface area (Å²) in [5, 5.41) is 0. The highest BCUT2D eigenvalue weighted by Crippen LogP contribution is 2.22. The Bertz CT molecular complexity index is 427. The smallest absolute Gasteiger partial charge is 0.410 e. The highest BCUT2D eigenvalue weighted by Gasteiger charge is 2.36.